The maximum absolute atomic E-state index is 11.6. The molecule has 2 rings (SSSR count). The number of hydrogen-bond acceptors (Lipinski definition) is 2. The van der Waals surface area contributed by atoms with Crippen LogP contribution in [0.1, 0.15) is 45.4 Å². The van der Waals surface area contributed by atoms with Gasteiger partial charge in [0.15, 0.2) is 0 Å². The van der Waals surface area contributed by atoms with Gasteiger partial charge >= 0.3 is 5.97 Å². The molecule has 0 saturated heterocycles. The first-order valence-electron chi connectivity index (χ1n) is 6.09. The van der Waals surface area contributed by atoms with Crippen LogP contribution in [0.4, 0.5) is 0 Å². The fourth-order valence-electron chi connectivity index (χ4n) is 2.74. The van der Waals surface area contributed by atoms with Crippen molar-refractivity contribution in [3.05, 3.63) is 12.2 Å². The fourth-order valence-corrected chi connectivity index (χ4v) is 2.74. The van der Waals surface area contributed by atoms with E-state index in [4.69, 9.17) is 4.74 Å². The van der Waals surface area contributed by atoms with Crippen LogP contribution >= 0.6 is 0 Å². The molecule has 84 valence electrons. The zero-order valence-electron chi connectivity index (χ0n) is 9.50. The highest BCUT2D eigenvalue weighted by atomic mass is 16.5. The molecule has 2 atom stereocenters. The minimum Gasteiger partial charge on any atom is -0.466 e. The second kappa shape index (κ2) is 4.38. The van der Waals surface area contributed by atoms with Crippen molar-refractivity contribution in [2.24, 2.45) is 11.3 Å². The molecule has 0 aliphatic heterocycles. The van der Waals surface area contributed by atoms with Crippen molar-refractivity contribution in [2.75, 3.05) is 6.61 Å². The zero-order valence-corrected chi connectivity index (χ0v) is 9.50. The van der Waals surface area contributed by atoms with E-state index in [1.807, 2.05) is 0 Å². The molecule has 0 aromatic heterocycles. The van der Waals surface area contributed by atoms with Gasteiger partial charge in [-0.25, -0.2) is 0 Å². The lowest BCUT2D eigenvalue weighted by molar-refractivity contribution is -0.145. The monoisotopic (exact) mass is 208 g/mol. The van der Waals surface area contributed by atoms with E-state index < -0.39 is 0 Å². The van der Waals surface area contributed by atoms with E-state index in [0.29, 0.717) is 13.0 Å². The van der Waals surface area contributed by atoms with Crippen LogP contribution < -0.4 is 0 Å². The minimum absolute atomic E-state index is 0.00403. The molecule has 2 nitrogen and oxygen atoms in total. The first-order chi connectivity index (χ1) is 7.24. The van der Waals surface area contributed by atoms with Crippen LogP contribution in [0.3, 0.4) is 0 Å². The van der Waals surface area contributed by atoms with Gasteiger partial charge < -0.3 is 4.74 Å². The van der Waals surface area contributed by atoms with Crippen LogP contribution in [0.5, 0.6) is 0 Å². The largest absolute Gasteiger partial charge is 0.466 e. The Morgan fingerprint density at radius 2 is 2.47 bits per heavy atom. The first kappa shape index (κ1) is 10.7. The van der Waals surface area contributed by atoms with Crippen LogP contribution in [-0.2, 0) is 9.53 Å². The number of rotatable bonds is 5. The third kappa shape index (κ3) is 2.42. The molecule has 2 unspecified atom stereocenters. The standard InChI is InChI=1S/C13H20O2/c1-2-3-8-15-12(14)10-13-6-4-11(9-13)5-7-13/h4,6,11H,2-3,5,7-10H2,1H3. The summed E-state index contributed by atoms with van der Waals surface area (Å²) in [5, 5.41) is 0. The number of carbonyl (C=O) groups excluding carboxylic acids is 1. The van der Waals surface area contributed by atoms with Crippen LogP contribution in [0.25, 0.3) is 0 Å². The predicted molar refractivity (Wildman–Crippen MR) is 59.4 cm³/mol. The molecular weight excluding hydrogens is 188 g/mol. The molecule has 0 aromatic carbocycles. The van der Waals surface area contributed by atoms with Gasteiger partial charge in [0.1, 0.15) is 0 Å². The SMILES string of the molecule is CCCCOC(=O)CC12C=CC(CC1)C2. The van der Waals surface area contributed by atoms with Crippen molar-refractivity contribution >= 4 is 5.97 Å². The highest BCUT2D eigenvalue weighted by Crippen LogP contribution is 2.51. The quantitative estimate of drug-likeness (QED) is 0.394. The molecule has 1 fully saturated rings. The Kier molecular flexibility index (Phi) is 3.13. The summed E-state index contributed by atoms with van der Waals surface area (Å²) < 4.78 is 5.22. The van der Waals surface area contributed by atoms with Crippen molar-refractivity contribution in [1.29, 1.82) is 0 Å². The normalized spacial score (nSPS) is 32.2. The van der Waals surface area contributed by atoms with Crippen molar-refractivity contribution < 1.29 is 9.53 Å². The molecule has 0 spiro atoms. The fraction of sp³-hybridized carbons (Fsp3) is 0.769. The van der Waals surface area contributed by atoms with Gasteiger partial charge in [-0.1, -0.05) is 25.5 Å². The van der Waals surface area contributed by atoms with E-state index in [0.717, 1.165) is 18.8 Å². The highest BCUT2D eigenvalue weighted by Gasteiger charge is 2.42. The zero-order chi connectivity index (χ0) is 10.7. The third-order valence-corrected chi connectivity index (χ3v) is 3.66. The van der Waals surface area contributed by atoms with E-state index in [2.05, 4.69) is 19.1 Å². The van der Waals surface area contributed by atoms with Gasteiger partial charge in [0.2, 0.25) is 0 Å². The summed E-state index contributed by atoms with van der Waals surface area (Å²) in [5.41, 5.74) is 0.175. The molecule has 1 saturated carbocycles. The number of fused-ring (bicyclic) bond motifs is 2. The van der Waals surface area contributed by atoms with Crippen LogP contribution in [0.15, 0.2) is 12.2 Å². The highest BCUT2D eigenvalue weighted by molar-refractivity contribution is 5.71. The topological polar surface area (TPSA) is 26.3 Å². The van der Waals surface area contributed by atoms with Gasteiger partial charge in [0.05, 0.1) is 13.0 Å². The number of allylic oxidation sites excluding steroid dienone is 2. The predicted octanol–water partition coefficient (Wildman–Crippen LogP) is 3.08. The van der Waals surface area contributed by atoms with Crippen LogP contribution in [-0.4, -0.2) is 12.6 Å². The van der Waals surface area contributed by atoms with E-state index in [1.54, 1.807) is 0 Å². The van der Waals surface area contributed by atoms with Crippen molar-refractivity contribution in [1.82, 2.24) is 0 Å². The summed E-state index contributed by atoms with van der Waals surface area (Å²) in [5.74, 6) is 0.740. The first-order valence-corrected chi connectivity index (χ1v) is 6.09. The van der Waals surface area contributed by atoms with Gasteiger partial charge in [0, 0.05) is 0 Å². The molecule has 2 bridgehead atoms. The third-order valence-electron chi connectivity index (χ3n) is 3.66. The van der Waals surface area contributed by atoms with Gasteiger partial charge in [-0.15, -0.1) is 0 Å². The smallest absolute Gasteiger partial charge is 0.306 e. The maximum atomic E-state index is 11.6. The van der Waals surface area contributed by atoms with Crippen molar-refractivity contribution in [3.8, 4) is 0 Å². The Morgan fingerprint density at radius 3 is 3.00 bits per heavy atom. The summed E-state index contributed by atoms with van der Waals surface area (Å²) in [7, 11) is 0. The minimum atomic E-state index is -0.00403. The second-order valence-corrected chi connectivity index (χ2v) is 4.98. The molecular formula is C13H20O2. The number of unbranched alkanes of at least 4 members (excludes halogenated alkanes) is 1. The van der Waals surface area contributed by atoms with Gasteiger partial charge in [-0.3, -0.25) is 4.79 Å². The lowest BCUT2D eigenvalue weighted by Gasteiger charge is -2.21. The summed E-state index contributed by atoms with van der Waals surface area (Å²) in [6, 6.07) is 0. The maximum Gasteiger partial charge on any atom is 0.306 e. The van der Waals surface area contributed by atoms with Crippen molar-refractivity contribution in [3.63, 3.8) is 0 Å². The van der Waals surface area contributed by atoms with E-state index >= 15 is 0 Å². The van der Waals surface area contributed by atoms with E-state index in [-0.39, 0.29) is 11.4 Å². The average molecular weight is 208 g/mol. The number of hydrogen-bond donors (Lipinski definition) is 0. The average Bonchev–Trinajstić information content (AvgIpc) is 2.77. The molecule has 2 heteroatoms. The van der Waals surface area contributed by atoms with Gasteiger partial charge in [0.25, 0.3) is 0 Å². The molecule has 2 aliphatic rings. The summed E-state index contributed by atoms with van der Waals surface area (Å²) in [6.45, 7) is 2.70. The van der Waals surface area contributed by atoms with Crippen LogP contribution in [0.2, 0.25) is 0 Å². The molecule has 15 heavy (non-hydrogen) atoms. The number of carbonyl (C=O) groups is 1. The lowest BCUT2D eigenvalue weighted by Crippen LogP contribution is -2.19. The number of esters is 1. The summed E-state index contributed by atoms with van der Waals surface area (Å²) in [4.78, 5) is 11.6. The Hall–Kier alpha value is -0.790. The molecule has 2 aliphatic carbocycles. The molecule has 0 amide bonds. The number of ether oxygens (including phenoxy) is 1. The van der Waals surface area contributed by atoms with Gasteiger partial charge in [-0.05, 0) is 37.0 Å². The Balaban J connectivity index is 1.77. The Bertz CT molecular complexity index is 270. The molecule has 0 heterocycles. The van der Waals surface area contributed by atoms with Gasteiger partial charge in [-0.2, -0.15) is 0 Å². The van der Waals surface area contributed by atoms with E-state index in [9.17, 15) is 4.79 Å². The summed E-state index contributed by atoms with van der Waals surface area (Å²) >= 11 is 0. The molecule has 0 radical (unpaired) electrons. The second-order valence-electron chi connectivity index (χ2n) is 4.98. The Morgan fingerprint density at radius 1 is 1.60 bits per heavy atom. The van der Waals surface area contributed by atoms with E-state index in [1.165, 1.54) is 19.3 Å². The van der Waals surface area contributed by atoms with Crippen LogP contribution in [0, 0.1) is 11.3 Å². The summed E-state index contributed by atoms with van der Waals surface area (Å²) in [6.07, 6.45) is 10.8. The lowest BCUT2D eigenvalue weighted by atomic mass is 9.84. The molecule has 0 aromatic rings. The molecule has 0 N–H and O–H groups in total. The Labute approximate surface area is 91.7 Å². The van der Waals surface area contributed by atoms with Crippen molar-refractivity contribution in [2.45, 2.75) is 45.4 Å².